The zero-order valence-corrected chi connectivity index (χ0v) is 11.4. The molecular weight excluding hydrogens is 200 g/mol. The molecule has 0 aromatic carbocycles. The molecule has 1 fully saturated rings. The molecule has 0 bridgehead atoms. The molecule has 0 aromatic rings. The Kier molecular flexibility index (Phi) is 5.22. The lowest BCUT2D eigenvalue weighted by atomic mass is 10.1. The fourth-order valence-corrected chi connectivity index (χ4v) is 2.64. The van der Waals surface area contributed by atoms with Crippen LogP contribution >= 0.6 is 0 Å². The number of hydrogen-bond acceptors (Lipinski definition) is 3. The van der Waals surface area contributed by atoms with Crippen LogP contribution in [0.1, 0.15) is 40.5 Å². The van der Waals surface area contributed by atoms with Gasteiger partial charge in [0, 0.05) is 38.8 Å². The molecule has 96 valence electrons. The first-order valence-corrected chi connectivity index (χ1v) is 6.65. The van der Waals surface area contributed by atoms with Crippen molar-refractivity contribution in [3.8, 4) is 0 Å². The molecule has 0 saturated carbocycles. The number of piperazine rings is 1. The summed E-state index contributed by atoms with van der Waals surface area (Å²) >= 11 is 0. The molecule has 0 spiro atoms. The highest BCUT2D eigenvalue weighted by Crippen LogP contribution is 2.13. The molecule has 1 saturated heterocycles. The van der Waals surface area contributed by atoms with Crippen LogP contribution in [0.4, 0.5) is 0 Å². The minimum atomic E-state index is -0.558. The quantitative estimate of drug-likeness (QED) is 0.773. The van der Waals surface area contributed by atoms with Crippen LogP contribution in [-0.4, -0.2) is 59.3 Å². The molecule has 0 amide bonds. The van der Waals surface area contributed by atoms with Crippen LogP contribution in [0.15, 0.2) is 0 Å². The van der Waals surface area contributed by atoms with E-state index >= 15 is 0 Å². The predicted molar refractivity (Wildman–Crippen MR) is 68.7 cm³/mol. The molecule has 3 heteroatoms. The number of nitrogens with zero attached hydrogens (tertiary/aromatic N) is 2. The largest absolute Gasteiger partial charge is 0.389 e. The first kappa shape index (κ1) is 13.9. The topological polar surface area (TPSA) is 26.7 Å². The van der Waals surface area contributed by atoms with Crippen molar-refractivity contribution in [2.45, 2.75) is 52.2 Å². The summed E-state index contributed by atoms with van der Waals surface area (Å²) < 4.78 is 0. The van der Waals surface area contributed by atoms with Crippen molar-refractivity contribution in [3.63, 3.8) is 0 Å². The van der Waals surface area contributed by atoms with Crippen molar-refractivity contribution in [1.29, 1.82) is 0 Å². The number of hydrogen-bond donors (Lipinski definition) is 1. The minimum absolute atomic E-state index is 0.558. The normalized spacial score (nSPS) is 20.6. The summed E-state index contributed by atoms with van der Waals surface area (Å²) in [4.78, 5) is 4.97. The average Bonchev–Trinajstić information content (AvgIpc) is 2.20. The van der Waals surface area contributed by atoms with Crippen molar-refractivity contribution >= 4 is 0 Å². The van der Waals surface area contributed by atoms with Gasteiger partial charge in [-0.1, -0.05) is 13.8 Å². The third-order valence-electron chi connectivity index (χ3n) is 3.48. The van der Waals surface area contributed by atoms with E-state index in [9.17, 15) is 5.11 Å². The molecule has 0 aromatic heterocycles. The first-order chi connectivity index (χ1) is 7.46. The molecule has 0 unspecified atom stereocenters. The van der Waals surface area contributed by atoms with Gasteiger partial charge in [0.05, 0.1) is 5.60 Å². The van der Waals surface area contributed by atoms with E-state index in [0.29, 0.717) is 0 Å². The van der Waals surface area contributed by atoms with Crippen LogP contribution in [-0.2, 0) is 0 Å². The summed E-state index contributed by atoms with van der Waals surface area (Å²) in [6.45, 7) is 13.6. The van der Waals surface area contributed by atoms with E-state index in [1.807, 2.05) is 13.8 Å². The highest BCUT2D eigenvalue weighted by Gasteiger charge is 2.24. The molecule has 0 atom stereocenters. The molecule has 1 heterocycles. The van der Waals surface area contributed by atoms with Crippen LogP contribution in [0.3, 0.4) is 0 Å². The lowest BCUT2D eigenvalue weighted by Gasteiger charge is -2.40. The van der Waals surface area contributed by atoms with Gasteiger partial charge in [-0.25, -0.2) is 0 Å². The lowest BCUT2D eigenvalue weighted by molar-refractivity contribution is 0.0102. The fourth-order valence-electron chi connectivity index (χ4n) is 2.64. The molecule has 1 aliphatic heterocycles. The van der Waals surface area contributed by atoms with E-state index in [4.69, 9.17) is 0 Å². The van der Waals surface area contributed by atoms with Gasteiger partial charge in [0.25, 0.3) is 0 Å². The van der Waals surface area contributed by atoms with Gasteiger partial charge in [0.2, 0.25) is 0 Å². The Balaban J connectivity index is 2.33. The summed E-state index contributed by atoms with van der Waals surface area (Å²) in [5.41, 5.74) is -0.558. The second-order valence-corrected chi connectivity index (χ2v) is 5.59. The van der Waals surface area contributed by atoms with E-state index in [1.165, 1.54) is 12.8 Å². The van der Waals surface area contributed by atoms with E-state index in [-0.39, 0.29) is 0 Å². The summed E-state index contributed by atoms with van der Waals surface area (Å²) in [7, 11) is 0. The van der Waals surface area contributed by atoms with Gasteiger partial charge in [-0.15, -0.1) is 0 Å². The maximum atomic E-state index is 9.78. The van der Waals surface area contributed by atoms with Gasteiger partial charge in [0.1, 0.15) is 0 Å². The number of rotatable bonds is 5. The van der Waals surface area contributed by atoms with E-state index in [1.54, 1.807) is 0 Å². The standard InChI is InChI=1S/C13H28N2O/c1-5-12(6-2)15-9-7-14(8-10-15)11-13(3,4)16/h12,16H,5-11H2,1-4H3. The monoisotopic (exact) mass is 228 g/mol. The molecule has 0 aliphatic carbocycles. The average molecular weight is 228 g/mol. The highest BCUT2D eigenvalue weighted by atomic mass is 16.3. The van der Waals surface area contributed by atoms with Crippen molar-refractivity contribution in [2.24, 2.45) is 0 Å². The second kappa shape index (κ2) is 5.99. The maximum Gasteiger partial charge on any atom is 0.0718 e. The molecule has 1 aliphatic rings. The predicted octanol–water partition coefficient (Wildman–Crippen LogP) is 1.56. The lowest BCUT2D eigenvalue weighted by Crippen LogP contribution is -2.52. The fraction of sp³-hybridized carbons (Fsp3) is 1.00. The highest BCUT2D eigenvalue weighted by molar-refractivity contribution is 4.80. The molecule has 1 rings (SSSR count). The van der Waals surface area contributed by atoms with Gasteiger partial charge in [0.15, 0.2) is 0 Å². The second-order valence-electron chi connectivity index (χ2n) is 5.59. The Bertz CT molecular complexity index is 189. The van der Waals surface area contributed by atoms with Crippen LogP contribution in [0.25, 0.3) is 0 Å². The van der Waals surface area contributed by atoms with Crippen LogP contribution < -0.4 is 0 Å². The minimum Gasteiger partial charge on any atom is -0.389 e. The van der Waals surface area contributed by atoms with E-state index in [0.717, 1.165) is 38.8 Å². The maximum absolute atomic E-state index is 9.78. The van der Waals surface area contributed by atoms with Crippen LogP contribution in [0.5, 0.6) is 0 Å². The summed E-state index contributed by atoms with van der Waals surface area (Å²) in [5, 5.41) is 9.78. The van der Waals surface area contributed by atoms with Crippen molar-refractivity contribution in [3.05, 3.63) is 0 Å². The molecule has 0 radical (unpaired) electrons. The number of β-amino-alcohol motifs (C(OH)–C–C–N with tert-alkyl or cyclic N) is 1. The third-order valence-corrected chi connectivity index (χ3v) is 3.48. The third kappa shape index (κ3) is 4.40. The SMILES string of the molecule is CCC(CC)N1CCN(CC(C)(C)O)CC1. The van der Waals surface area contributed by atoms with Crippen molar-refractivity contribution < 1.29 is 5.11 Å². The van der Waals surface area contributed by atoms with E-state index in [2.05, 4.69) is 23.6 Å². The molecule has 16 heavy (non-hydrogen) atoms. The Morgan fingerprint density at radius 3 is 1.94 bits per heavy atom. The molecular formula is C13H28N2O. The first-order valence-electron chi connectivity index (χ1n) is 6.65. The summed E-state index contributed by atoms with van der Waals surface area (Å²) in [6, 6.07) is 0.754. The summed E-state index contributed by atoms with van der Waals surface area (Å²) in [5.74, 6) is 0. The Labute approximate surface area is 100 Å². The van der Waals surface area contributed by atoms with Gasteiger partial charge in [-0.05, 0) is 26.7 Å². The van der Waals surface area contributed by atoms with E-state index < -0.39 is 5.60 Å². The van der Waals surface area contributed by atoms with Gasteiger partial charge in [-0.3, -0.25) is 9.80 Å². The molecule has 1 N–H and O–H groups in total. The zero-order valence-electron chi connectivity index (χ0n) is 11.4. The smallest absolute Gasteiger partial charge is 0.0718 e. The van der Waals surface area contributed by atoms with Crippen molar-refractivity contribution in [2.75, 3.05) is 32.7 Å². The summed E-state index contributed by atoms with van der Waals surface area (Å²) in [6.07, 6.45) is 2.50. The van der Waals surface area contributed by atoms with Crippen molar-refractivity contribution in [1.82, 2.24) is 9.80 Å². The van der Waals surface area contributed by atoms with Gasteiger partial charge in [-0.2, -0.15) is 0 Å². The van der Waals surface area contributed by atoms with Gasteiger partial charge < -0.3 is 5.11 Å². The Hall–Kier alpha value is -0.120. The molecule has 3 nitrogen and oxygen atoms in total. The number of aliphatic hydroxyl groups is 1. The Morgan fingerprint density at radius 1 is 1.06 bits per heavy atom. The van der Waals surface area contributed by atoms with Gasteiger partial charge >= 0.3 is 0 Å². The van der Waals surface area contributed by atoms with Crippen LogP contribution in [0, 0.1) is 0 Å². The van der Waals surface area contributed by atoms with Crippen LogP contribution in [0.2, 0.25) is 0 Å². The Morgan fingerprint density at radius 2 is 1.56 bits per heavy atom. The zero-order chi connectivity index (χ0) is 12.2.